The van der Waals surface area contributed by atoms with Crippen molar-refractivity contribution in [3.8, 4) is 0 Å². The molecule has 124 valence electrons. The Kier molecular flexibility index (Phi) is 8.68. The number of hydrogen-bond acceptors (Lipinski definition) is 7. The van der Waals surface area contributed by atoms with E-state index in [0.29, 0.717) is 0 Å². The Hall–Kier alpha value is -0.990. The summed E-state index contributed by atoms with van der Waals surface area (Å²) in [5, 5.41) is 19.5. The van der Waals surface area contributed by atoms with Crippen molar-refractivity contribution in [1.29, 1.82) is 0 Å². The van der Waals surface area contributed by atoms with E-state index in [1.54, 1.807) is 20.8 Å². The molecule has 0 fully saturated rings. The van der Waals surface area contributed by atoms with Crippen LogP contribution in [0.1, 0.15) is 34.1 Å². The molecule has 7 nitrogen and oxygen atoms in total. The average Bonchev–Trinajstić information content (AvgIpc) is 2.44. The van der Waals surface area contributed by atoms with Gasteiger partial charge in [-0.3, -0.25) is 0 Å². The summed E-state index contributed by atoms with van der Waals surface area (Å²) in [6, 6.07) is 0. The van der Waals surface area contributed by atoms with E-state index in [-0.39, 0.29) is 38.4 Å². The number of rotatable bonds is 11. The minimum Gasteiger partial charge on any atom is -0.421 e. The van der Waals surface area contributed by atoms with Crippen molar-refractivity contribution < 1.29 is 34.0 Å². The fourth-order valence-electron chi connectivity index (χ4n) is 1.69. The van der Waals surface area contributed by atoms with E-state index in [4.69, 9.17) is 24.1 Å². The summed E-state index contributed by atoms with van der Waals surface area (Å²) in [6.07, 6.45) is 0.0712. The van der Waals surface area contributed by atoms with E-state index in [1.807, 2.05) is 0 Å². The van der Waals surface area contributed by atoms with Gasteiger partial charge in [-0.25, -0.2) is 4.79 Å². The summed E-state index contributed by atoms with van der Waals surface area (Å²) in [5.74, 6) is -4.93. The first-order valence-corrected chi connectivity index (χ1v) is 6.96. The number of aliphatic hydroxyl groups is 2. The van der Waals surface area contributed by atoms with Crippen molar-refractivity contribution in [2.45, 2.75) is 45.9 Å². The van der Waals surface area contributed by atoms with Gasteiger partial charge in [-0.1, -0.05) is 13.5 Å². The maximum Gasteiger partial charge on any atom is 0.350 e. The molecular formula is C14H26O7. The molecule has 21 heavy (non-hydrogen) atoms. The Morgan fingerprint density at radius 3 is 2.10 bits per heavy atom. The zero-order valence-corrected chi connectivity index (χ0v) is 13.2. The quantitative estimate of drug-likeness (QED) is 0.333. The van der Waals surface area contributed by atoms with Crippen molar-refractivity contribution in [2.24, 2.45) is 0 Å². The van der Waals surface area contributed by atoms with Crippen LogP contribution in [-0.2, 0) is 23.7 Å². The molecule has 0 saturated heterocycles. The Balaban J connectivity index is 5.56. The van der Waals surface area contributed by atoms with Crippen LogP contribution in [0.3, 0.4) is 0 Å². The molecule has 0 aliphatic rings. The van der Waals surface area contributed by atoms with Crippen molar-refractivity contribution in [2.75, 3.05) is 26.4 Å². The van der Waals surface area contributed by atoms with Crippen molar-refractivity contribution in [3.63, 3.8) is 0 Å². The number of carbonyl (C=O) groups excluding carboxylic acids is 1. The molecule has 0 heterocycles. The fraction of sp³-hybridized carbons (Fsp3) is 0.786. The van der Waals surface area contributed by atoms with Crippen LogP contribution in [0.5, 0.6) is 0 Å². The molecule has 0 aromatic heterocycles. The normalized spacial score (nSPS) is 16.9. The van der Waals surface area contributed by atoms with E-state index in [0.717, 1.165) is 0 Å². The first-order valence-electron chi connectivity index (χ1n) is 6.96. The maximum atomic E-state index is 11.8. The van der Waals surface area contributed by atoms with Crippen LogP contribution < -0.4 is 0 Å². The van der Waals surface area contributed by atoms with Gasteiger partial charge in [0, 0.05) is 25.2 Å². The molecule has 0 aliphatic carbocycles. The lowest BCUT2D eigenvalue weighted by molar-refractivity contribution is -0.478. The molecule has 7 heteroatoms. The maximum absolute atomic E-state index is 11.8. The second kappa shape index (κ2) is 9.11. The smallest absolute Gasteiger partial charge is 0.350 e. The second-order valence-corrected chi connectivity index (χ2v) is 4.30. The van der Waals surface area contributed by atoms with Crippen LogP contribution in [0.15, 0.2) is 12.2 Å². The average molecular weight is 306 g/mol. The minimum absolute atomic E-state index is 0.0712. The third kappa shape index (κ3) is 5.05. The van der Waals surface area contributed by atoms with Gasteiger partial charge in [-0.15, -0.1) is 0 Å². The summed E-state index contributed by atoms with van der Waals surface area (Å²) < 4.78 is 21.1. The lowest BCUT2D eigenvalue weighted by Crippen LogP contribution is -2.62. The lowest BCUT2D eigenvalue weighted by atomic mass is 10.1. The Morgan fingerprint density at radius 2 is 1.71 bits per heavy atom. The highest BCUT2D eigenvalue weighted by Crippen LogP contribution is 2.34. The first kappa shape index (κ1) is 20.0. The van der Waals surface area contributed by atoms with Gasteiger partial charge in [0.05, 0.1) is 13.2 Å². The zero-order valence-electron chi connectivity index (χ0n) is 13.2. The number of esters is 1. The molecule has 0 saturated carbocycles. The minimum atomic E-state index is -2.33. The largest absolute Gasteiger partial charge is 0.421 e. The van der Waals surface area contributed by atoms with Crippen LogP contribution in [-0.4, -0.2) is 54.4 Å². The summed E-state index contributed by atoms with van der Waals surface area (Å²) in [7, 11) is 0. The van der Waals surface area contributed by atoms with Gasteiger partial charge >= 0.3 is 11.9 Å². The monoisotopic (exact) mass is 306 g/mol. The van der Waals surface area contributed by atoms with Crippen LogP contribution in [0.25, 0.3) is 0 Å². The van der Waals surface area contributed by atoms with E-state index < -0.39 is 17.7 Å². The van der Waals surface area contributed by atoms with Gasteiger partial charge < -0.3 is 29.2 Å². The molecule has 0 radical (unpaired) electrons. The van der Waals surface area contributed by atoms with Crippen LogP contribution in [0.2, 0.25) is 0 Å². The van der Waals surface area contributed by atoms with Gasteiger partial charge in [0.25, 0.3) is 5.79 Å². The zero-order chi connectivity index (χ0) is 16.5. The van der Waals surface area contributed by atoms with Crippen LogP contribution in [0, 0.1) is 0 Å². The molecule has 0 spiro atoms. The Bertz CT molecular complexity index is 344. The van der Waals surface area contributed by atoms with Gasteiger partial charge in [0.1, 0.15) is 0 Å². The summed E-state index contributed by atoms with van der Waals surface area (Å²) in [5.41, 5.74) is 0.147. The van der Waals surface area contributed by atoms with Crippen LogP contribution >= 0.6 is 0 Å². The summed E-state index contributed by atoms with van der Waals surface area (Å²) in [6.45, 7) is 9.61. The van der Waals surface area contributed by atoms with Crippen molar-refractivity contribution in [3.05, 3.63) is 12.2 Å². The van der Waals surface area contributed by atoms with Crippen molar-refractivity contribution in [1.82, 2.24) is 0 Å². The summed E-state index contributed by atoms with van der Waals surface area (Å²) in [4.78, 5) is 11.8. The molecule has 0 aromatic rings. The highest BCUT2D eigenvalue weighted by Gasteiger charge is 2.57. The Morgan fingerprint density at radius 1 is 1.14 bits per heavy atom. The molecular weight excluding hydrogens is 280 g/mol. The number of aliphatic hydroxyl groups excluding tert-OH is 1. The third-order valence-electron chi connectivity index (χ3n) is 2.66. The van der Waals surface area contributed by atoms with Gasteiger partial charge in [-0.05, 0) is 20.8 Å². The van der Waals surface area contributed by atoms with Gasteiger partial charge in [0.15, 0.2) is 0 Å². The van der Waals surface area contributed by atoms with Gasteiger partial charge in [0.2, 0.25) is 0 Å². The van der Waals surface area contributed by atoms with Crippen LogP contribution in [0.4, 0.5) is 0 Å². The molecule has 2 unspecified atom stereocenters. The Labute approximate surface area is 125 Å². The third-order valence-corrected chi connectivity index (χ3v) is 2.66. The number of hydrogen-bond donors (Lipinski definition) is 2. The molecule has 0 rings (SSSR count). The van der Waals surface area contributed by atoms with Gasteiger partial charge in [-0.2, -0.15) is 0 Å². The number of carbonyl (C=O) groups is 1. The summed E-state index contributed by atoms with van der Waals surface area (Å²) >= 11 is 0. The standard InChI is InChI=1S/C14H26O7/c1-6-13(18-7-2,21-12(16)11(4)5)14(17,19-8-3)20-10-9-15/h15,17H,4,6-10H2,1-3,5H3. The topological polar surface area (TPSA) is 94.5 Å². The SMILES string of the molecule is C=C(C)C(=O)OC(CC)(OCC)C(O)(OCC)OCCO. The van der Waals surface area contributed by atoms with Crippen molar-refractivity contribution >= 4 is 5.97 Å². The lowest BCUT2D eigenvalue weighted by Gasteiger charge is -2.43. The predicted molar refractivity (Wildman–Crippen MR) is 75.2 cm³/mol. The predicted octanol–water partition coefficient (Wildman–Crippen LogP) is 0.940. The molecule has 0 amide bonds. The molecule has 2 N–H and O–H groups in total. The van der Waals surface area contributed by atoms with E-state index >= 15 is 0 Å². The van der Waals surface area contributed by atoms with E-state index in [2.05, 4.69) is 6.58 Å². The molecule has 0 aromatic carbocycles. The number of ether oxygens (including phenoxy) is 4. The molecule has 0 aliphatic heterocycles. The molecule has 0 bridgehead atoms. The second-order valence-electron chi connectivity index (χ2n) is 4.30. The molecule has 2 atom stereocenters. The van der Waals surface area contributed by atoms with E-state index in [1.165, 1.54) is 6.92 Å². The first-order chi connectivity index (χ1) is 9.82. The fourth-order valence-corrected chi connectivity index (χ4v) is 1.69. The highest BCUT2D eigenvalue weighted by molar-refractivity contribution is 5.87. The highest BCUT2D eigenvalue weighted by atomic mass is 16.9. The van der Waals surface area contributed by atoms with E-state index in [9.17, 15) is 9.90 Å².